The van der Waals surface area contributed by atoms with E-state index in [1.165, 1.54) is 5.56 Å². The minimum atomic E-state index is -0.313. The molecule has 1 aromatic heterocycles. The Labute approximate surface area is 210 Å². The number of hydrogen-bond donors (Lipinski definition) is 1. The summed E-state index contributed by atoms with van der Waals surface area (Å²) < 4.78 is 22.0. The number of aryl methyl sites for hydroxylation is 1. The Kier molecular flexibility index (Phi) is 7.67. The van der Waals surface area contributed by atoms with Crippen molar-refractivity contribution in [1.82, 2.24) is 20.4 Å². The number of nitrogens with zero attached hydrogens (tertiary/aromatic N) is 3. The normalized spacial score (nSPS) is 15.9. The average molecular weight is 495 g/mol. The van der Waals surface area contributed by atoms with E-state index in [0.717, 1.165) is 28.8 Å². The molecule has 1 aliphatic rings. The van der Waals surface area contributed by atoms with E-state index < -0.39 is 0 Å². The molecule has 0 bridgehead atoms. The largest absolute Gasteiger partial charge is 0.493 e. The van der Waals surface area contributed by atoms with Crippen LogP contribution in [0, 0.1) is 6.92 Å². The highest BCUT2D eigenvalue weighted by Gasteiger charge is 2.34. The standard InChI is InChI=1S/C26H30N4O4S/c1-16-7-9-18(10-8-16)24-28-25(34-29-24)22-17(2)30(13-6-14-31-3)26(35)27-23(22)19-11-12-20(32-4)21(15-19)33-5/h7-12,15,23H,6,13-14H2,1-5H3,(H,27,35). The van der Waals surface area contributed by atoms with Crippen LogP contribution < -0.4 is 14.8 Å². The predicted octanol–water partition coefficient (Wildman–Crippen LogP) is 4.76. The number of allylic oxidation sites excluding steroid dienone is 1. The quantitative estimate of drug-likeness (QED) is 0.334. The fourth-order valence-corrected chi connectivity index (χ4v) is 4.48. The fraction of sp³-hybridized carbons (Fsp3) is 0.346. The maximum Gasteiger partial charge on any atom is 0.258 e. The van der Waals surface area contributed by atoms with E-state index in [1.54, 1.807) is 21.3 Å². The number of rotatable bonds is 9. The fourth-order valence-electron chi connectivity index (χ4n) is 4.13. The van der Waals surface area contributed by atoms with Crippen molar-refractivity contribution >= 4 is 22.9 Å². The van der Waals surface area contributed by atoms with Crippen LogP contribution >= 0.6 is 12.2 Å². The third-order valence-corrected chi connectivity index (χ3v) is 6.37. The first kappa shape index (κ1) is 24.7. The van der Waals surface area contributed by atoms with Crippen molar-refractivity contribution in [3.05, 3.63) is 65.2 Å². The van der Waals surface area contributed by atoms with Gasteiger partial charge < -0.3 is 29.0 Å². The van der Waals surface area contributed by atoms with Crippen LogP contribution in [0.5, 0.6) is 11.5 Å². The predicted molar refractivity (Wildman–Crippen MR) is 138 cm³/mol. The molecule has 0 amide bonds. The summed E-state index contributed by atoms with van der Waals surface area (Å²) in [6.07, 6.45) is 0.822. The lowest BCUT2D eigenvalue weighted by Crippen LogP contribution is -2.46. The second kappa shape index (κ2) is 10.9. The topological polar surface area (TPSA) is 81.9 Å². The van der Waals surface area contributed by atoms with Gasteiger partial charge in [-0.1, -0.05) is 41.1 Å². The van der Waals surface area contributed by atoms with Crippen LogP contribution in [0.15, 0.2) is 52.7 Å². The summed E-state index contributed by atoms with van der Waals surface area (Å²) in [6.45, 7) is 5.41. The van der Waals surface area contributed by atoms with Gasteiger partial charge in [-0.25, -0.2) is 0 Å². The maximum absolute atomic E-state index is 5.81. The van der Waals surface area contributed by atoms with Crippen molar-refractivity contribution in [2.75, 3.05) is 34.5 Å². The van der Waals surface area contributed by atoms with Crippen LogP contribution in [0.2, 0.25) is 0 Å². The monoisotopic (exact) mass is 494 g/mol. The van der Waals surface area contributed by atoms with Crippen molar-refractivity contribution < 1.29 is 18.7 Å². The number of thiocarbonyl (C=S) groups is 1. The van der Waals surface area contributed by atoms with Crippen LogP contribution in [0.1, 0.15) is 36.4 Å². The highest BCUT2D eigenvalue weighted by molar-refractivity contribution is 7.80. The van der Waals surface area contributed by atoms with Crippen molar-refractivity contribution in [3.8, 4) is 22.9 Å². The number of methoxy groups -OCH3 is 3. The molecule has 2 aromatic carbocycles. The second-order valence-electron chi connectivity index (χ2n) is 8.28. The smallest absolute Gasteiger partial charge is 0.258 e. The molecule has 8 nitrogen and oxygen atoms in total. The van der Waals surface area contributed by atoms with E-state index in [-0.39, 0.29) is 6.04 Å². The molecule has 3 aromatic rings. The first-order chi connectivity index (χ1) is 17.0. The molecule has 0 aliphatic carbocycles. The van der Waals surface area contributed by atoms with Crippen molar-refractivity contribution in [1.29, 1.82) is 0 Å². The van der Waals surface area contributed by atoms with E-state index in [9.17, 15) is 0 Å². The molecule has 184 valence electrons. The van der Waals surface area contributed by atoms with Gasteiger partial charge in [0.25, 0.3) is 5.89 Å². The summed E-state index contributed by atoms with van der Waals surface area (Å²) in [4.78, 5) is 6.82. The molecule has 1 N–H and O–H groups in total. The number of nitrogens with one attached hydrogen (secondary N) is 1. The Balaban J connectivity index is 1.79. The highest BCUT2D eigenvalue weighted by atomic mass is 32.1. The lowest BCUT2D eigenvalue weighted by Gasteiger charge is -2.37. The highest BCUT2D eigenvalue weighted by Crippen LogP contribution is 2.40. The van der Waals surface area contributed by atoms with Crippen molar-refractivity contribution in [2.24, 2.45) is 0 Å². The molecule has 1 atom stereocenters. The first-order valence-electron chi connectivity index (χ1n) is 11.4. The Bertz CT molecular complexity index is 1220. The summed E-state index contributed by atoms with van der Waals surface area (Å²) >= 11 is 5.75. The van der Waals surface area contributed by atoms with Gasteiger partial charge in [-0.15, -0.1) is 0 Å². The average Bonchev–Trinajstić information content (AvgIpc) is 3.35. The van der Waals surface area contributed by atoms with Crippen LogP contribution in [0.25, 0.3) is 17.0 Å². The van der Waals surface area contributed by atoms with E-state index in [0.29, 0.717) is 41.5 Å². The first-order valence-corrected chi connectivity index (χ1v) is 11.8. The van der Waals surface area contributed by atoms with Gasteiger partial charge in [-0.2, -0.15) is 4.98 Å². The van der Waals surface area contributed by atoms with Crippen LogP contribution in [0.3, 0.4) is 0 Å². The number of hydrogen-bond acceptors (Lipinski definition) is 7. The molecule has 0 spiro atoms. The SMILES string of the molecule is COCCCN1C(=S)NC(c2ccc(OC)c(OC)c2)C(c2nc(-c3ccc(C)cc3)no2)=C1C. The third kappa shape index (κ3) is 5.16. The summed E-state index contributed by atoms with van der Waals surface area (Å²) in [6, 6.07) is 13.5. The minimum Gasteiger partial charge on any atom is -0.493 e. The molecule has 9 heteroatoms. The Morgan fingerprint density at radius 1 is 1.03 bits per heavy atom. The van der Waals surface area contributed by atoms with Crippen LogP contribution in [-0.4, -0.2) is 54.6 Å². The Hall–Kier alpha value is -3.43. The number of aromatic nitrogens is 2. The van der Waals surface area contributed by atoms with E-state index in [2.05, 4.69) is 15.4 Å². The third-order valence-electron chi connectivity index (χ3n) is 6.03. The summed E-state index contributed by atoms with van der Waals surface area (Å²) in [5.74, 6) is 2.25. The zero-order valence-electron chi connectivity index (χ0n) is 20.6. The van der Waals surface area contributed by atoms with E-state index in [4.69, 9.17) is 35.9 Å². The molecule has 1 aliphatic heterocycles. The van der Waals surface area contributed by atoms with Crippen molar-refractivity contribution in [3.63, 3.8) is 0 Å². The van der Waals surface area contributed by atoms with Crippen LogP contribution in [-0.2, 0) is 4.74 Å². The van der Waals surface area contributed by atoms with Gasteiger partial charge in [0.1, 0.15) is 0 Å². The molecule has 0 saturated heterocycles. The van der Waals surface area contributed by atoms with Gasteiger partial charge in [-0.3, -0.25) is 0 Å². The zero-order chi connectivity index (χ0) is 24.9. The van der Waals surface area contributed by atoms with Gasteiger partial charge in [0.05, 0.1) is 25.8 Å². The molecule has 35 heavy (non-hydrogen) atoms. The van der Waals surface area contributed by atoms with Gasteiger partial charge in [-0.05, 0) is 50.2 Å². The molecular formula is C26H30N4O4S. The number of ether oxygens (including phenoxy) is 3. The lowest BCUT2D eigenvalue weighted by molar-refractivity contribution is 0.188. The van der Waals surface area contributed by atoms with Gasteiger partial charge in [0.2, 0.25) is 5.82 Å². The molecule has 0 radical (unpaired) electrons. The zero-order valence-corrected chi connectivity index (χ0v) is 21.4. The van der Waals surface area contributed by atoms with Gasteiger partial charge in [0, 0.05) is 31.5 Å². The molecule has 2 heterocycles. The Morgan fingerprint density at radius 2 is 1.77 bits per heavy atom. The second-order valence-corrected chi connectivity index (χ2v) is 8.67. The molecule has 0 fully saturated rings. The molecule has 1 unspecified atom stereocenters. The summed E-state index contributed by atoms with van der Waals surface area (Å²) in [7, 11) is 4.93. The Morgan fingerprint density at radius 3 is 2.46 bits per heavy atom. The van der Waals surface area contributed by atoms with Crippen LogP contribution in [0.4, 0.5) is 0 Å². The summed E-state index contributed by atoms with van der Waals surface area (Å²) in [5.41, 5.74) is 4.80. The molecule has 4 rings (SSSR count). The summed E-state index contributed by atoms with van der Waals surface area (Å²) in [5, 5.41) is 8.36. The van der Waals surface area contributed by atoms with E-state index >= 15 is 0 Å². The number of benzene rings is 2. The van der Waals surface area contributed by atoms with E-state index in [1.807, 2.05) is 56.3 Å². The van der Waals surface area contributed by atoms with Gasteiger partial charge >= 0.3 is 0 Å². The molecular weight excluding hydrogens is 464 g/mol. The molecule has 0 saturated carbocycles. The minimum absolute atomic E-state index is 0.313. The van der Waals surface area contributed by atoms with Gasteiger partial charge in [0.15, 0.2) is 16.6 Å². The maximum atomic E-state index is 5.81. The lowest BCUT2D eigenvalue weighted by atomic mass is 9.94. The van der Waals surface area contributed by atoms with Crippen molar-refractivity contribution in [2.45, 2.75) is 26.3 Å².